The number of aromatic nitrogens is 2. The van der Waals surface area contributed by atoms with Gasteiger partial charge in [0.1, 0.15) is 23.9 Å². The van der Waals surface area contributed by atoms with Crippen LogP contribution in [-0.2, 0) is 14.3 Å². The van der Waals surface area contributed by atoms with E-state index in [-0.39, 0.29) is 34.6 Å². The molecule has 0 spiro atoms. The van der Waals surface area contributed by atoms with Crippen molar-refractivity contribution in [1.29, 1.82) is 0 Å². The monoisotopic (exact) mass is 561 g/mol. The Hall–Kier alpha value is -4.77. The number of thiazole rings is 1. The van der Waals surface area contributed by atoms with Crippen LogP contribution in [0.15, 0.2) is 73.6 Å². The predicted octanol–water partition coefficient (Wildman–Crippen LogP) is 4.78. The highest BCUT2D eigenvalue weighted by atomic mass is 32.1. The average Bonchev–Trinajstić information content (AvgIpc) is 3.47. The molecule has 40 heavy (non-hydrogen) atoms. The number of aryl methyl sites for hydroxylation is 1. The predicted molar refractivity (Wildman–Crippen MR) is 150 cm³/mol. The number of carbonyl (C=O) groups excluding carboxylic acids is 3. The zero-order chi connectivity index (χ0) is 28.8. The highest BCUT2D eigenvalue weighted by Crippen LogP contribution is 2.45. The summed E-state index contributed by atoms with van der Waals surface area (Å²) in [6.45, 7) is 11.2. The molecule has 1 N–H and O–H groups in total. The molecule has 1 atom stereocenters. The van der Waals surface area contributed by atoms with Gasteiger partial charge in [-0.1, -0.05) is 42.7 Å². The Balaban J connectivity index is 1.91. The third kappa shape index (κ3) is 5.50. The van der Waals surface area contributed by atoms with Crippen LogP contribution in [0.2, 0.25) is 0 Å². The van der Waals surface area contributed by atoms with E-state index in [2.05, 4.69) is 23.1 Å². The summed E-state index contributed by atoms with van der Waals surface area (Å²) < 4.78 is 16.6. The lowest BCUT2D eigenvalue weighted by Crippen LogP contribution is -2.29. The SMILES string of the molecule is C=CCOC(=O)c1sc(N2C(=O)C(=O)C(=C(O)c3ccncc3)C2c2ccc(OCC=C)c(OCC)c2)nc1C. The van der Waals surface area contributed by atoms with Crippen molar-refractivity contribution < 1.29 is 33.7 Å². The maximum atomic E-state index is 13.5. The molecule has 3 aromatic rings. The molecular formula is C29H27N3O7S. The molecule has 206 valence electrons. The number of benzene rings is 1. The fourth-order valence-corrected chi connectivity index (χ4v) is 5.10. The second-order valence-electron chi connectivity index (χ2n) is 8.44. The molecule has 0 saturated carbocycles. The third-order valence-electron chi connectivity index (χ3n) is 5.85. The van der Waals surface area contributed by atoms with Crippen LogP contribution in [0.3, 0.4) is 0 Å². The zero-order valence-corrected chi connectivity index (χ0v) is 22.8. The zero-order valence-electron chi connectivity index (χ0n) is 22.0. The number of nitrogens with zero attached hydrogens (tertiary/aromatic N) is 3. The lowest BCUT2D eigenvalue weighted by molar-refractivity contribution is -0.132. The summed E-state index contributed by atoms with van der Waals surface area (Å²) >= 11 is 0.909. The smallest absolute Gasteiger partial charge is 0.350 e. The molecule has 1 saturated heterocycles. The second-order valence-corrected chi connectivity index (χ2v) is 9.42. The van der Waals surface area contributed by atoms with Gasteiger partial charge in [-0.2, -0.15) is 0 Å². The van der Waals surface area contributed by atoms with Gasteiger partial charge < -0.3 is 19.3 Å². The van der Waals surface area contributed by atoms with Crippen molar-refractivity contribution in [2.75, 3.05) is 24.7 Å². The molecule has 11 heteroatoms. The highest BCUT2D eigenvalue weighted by Gasteiger charge is 2.48. The lowest BCUT2D eigenvalue weighted by atomic mass is 9.95. The van der Waals surface area contributed by atoms with Crippen molar-refractivity contribution in [3.8, 4) is 11.5 Å². The van der Waals surface area contributed by atoms with Crippen LogP contribution >= 0.6 is 11.3 Å². The standard InChI is InChI=1S/C29H27N3O7S/c1-5-14-38-20-9-8-19(16-21(20)37-7-3)23-22(24(33)18-10-12-30-13-11-18)25(34)27(35)32(23)29-31-17(4)26(40-29)28(36)39-15-6-2/h5-6,8-13,16,23,33H,1-2,7,14-15H2,3-4H3. The van der Waals surface area contributed by atoms with Crippen molar-refractivity contribution in [3.63, 3.8) is 0 Å². The fourth-order valence-electron chi connectivity index (χ4n) is 4.12. The first kappa shape index (κ1) is 28.2. The molecule has 3 heterocycles. The Bertz CT molecular complexity index is 1500. The van der Waals surface area contributed by atoms with E-state index in [9.17, 15) is 19.5 Å². The minimum absolute atomic E-state index is 0.00241. The van der Waals surface area contributed by atoms with Crippen molar-refractivity contribution >= 4 is 39.9 Å². The number of ketones is 1. The van der Waals surface area contributed by atoms with Gasteiger partial charge in [0.05, 0.1) is 23.9 Å². The van der Waals surface area contributed by atoms with E-state index in [4.69, 9.17) is 14.2 Å². The topological polar surface area (TPSA) is 128 Å². The summed E-state index contributed by atoms with van der Waals surface area (Å²) in [5, 5.41) is 11.4. The molecule has 0 aliphatic carbocycles. The Labute approximate surface area is 234 Å². The molecular weight excluding hydrogens is 534 g/mol. The minimum atomic E-state index is -1.09. The number of pyridine rings is 1. The third-order valence-corrected chi connectivity index (χ3v) is 6.98. The van der Waals surface area contributed by atoms with Crippen molar-refractivity contribution in [3.05, 3.63) is 95.3 Å². The van der Waals surface area contributed by atoms with E-state index in [1.807, 2.05) is 6.92 Å². The van der Waals surface area contributed by atoms with E-state index in [0.29, 0.717) is 34.9 Å². The summed E-state index contributed by atoms with van der Waals surface area (Å²) in [4.78, 5) is 49.3. The number of ether oxygens (including phenoxy) is 3. The molecule has 1 amide bonds. The number of aliphatic hydroxyl groups excluding tert-OH is 1. The van der Waals surface area contributed by atoms with Gasteiger partial charge in [0, 0.05) is 18.0 Å². The first-order valence-electron chi connectivity index (χ1n) is 12.3. The lowest BCUT2D eigenvalue weighted by Gasteiger charge is -2.24. The van der Waals surface area contributed by atoms with Gasteiger partial charge in [-0.25, -0.2) is 9.78 Å². The minimum Gasteiger partial charge on any atom is -0.507 e. The van der Waals surface area contributed by atoms with Gasteiger partial charge in [0.15, 0.2) is 16.6 Å². The summed E-state index contributed by atoms with van der Waals surface area (Å²) in [5.74, 6) is -2.02. The number of esters is 1. The summed E-state index contributed by atoms with van der Waals surface area (Å²) in [5.41, 5.74) is 0.930. The largest absolute Gasteiger partial charge is 0.507 e. The first-order valence-corrected chi connectivity index (χ1v) is 13.1. The van der Waals surface area contributed by atoms with E-state index in [1.165, 1.54) is 35.5 Å². The van der Waals surface area contributed by atoms with Crippen LogP contribution in [0.5, 0.6) is 11.5 Å². The van der Waals surface area contributed by atoms with Gasteiger partial charge in [0.25, 0.3) is 5.78 Å². The molecule has 1 unspecified atom stereocenters. The van der Waals surface area contributed by atoms with Crippen LogP contribution in [0.4, 0.5) is 5.13 Å². The molecule has 1 aliphatic rings. The van der Waals surface area contributed by atoms with Crippen molar-refractivity contribution in [2.45, 2.75) is 19.9 Å². The van der Waals surface area contributed by atoms with Gasteiger partial charge in [0.2, 0.25) is 0 Å². The number of rotatable bonds is 11. The molecule has 1 aromatic carbocycles. The summed E-state index contributed by atoms with van der Waals surface area (Å²) in [6, 6.07) is 6.93. The Morgan fingerprint density at radius 3 is 2.50 bits per heavy atom. The summed E-state index contributed by atoms with van der Waals surface area (Å²) in [6.07, 6.45) is 5.95. The van der Waals surface area contributed by atoms with Crippen LogP contribution in [0.1, 0.15) is 39.5 Å². The number of hydrogen-bond donors (Lipinski definition) is 1. The molecule has 10 nitrogen and oxygen atoms in total. The molecule has 1 fully saturated rings. The maximum Gasteiger partial charge on any atom is 0.350 e. The summed E-state index contributed by atoms with van der Waals surface area (Å²) in [7, 11) is 0. The van der Waals surface area contributed by atoms with E-state index >= 15 is 0 Å². The Morgan fingerprint density at radius 2 is 1.82 bits per heavy atom. The first-order chi connectivity index (χ1) is 19.3. The number of carbonyl (C=O) groups is 3. The van der Waals surface area contributed by atoms with Crippen molar-refractivity contribution in [1.82, 2.24) is 9.97 Å². The van der Waals surface area contributed by atoms with Gasteiger partial charge >= 0.3 is 11.9 Å². The Morgan fingerprint density at radius 1 is 1.10 bits per heavy atom. The molecule has 2 aromatic heterocycles. The van der Waals surface area contributed by atoms with E-state index < -0.39 is 23.7 Å². The van der Waals surface area contributed by atoms with Gasteiger partial charge in [-0.05, 0) is 43.7 Å². The van der Waals surface area contributed by atoms with Crippen LogP contribution < -0.4 is 14.4 Å². The maximum absolute atomic E-state index is 13.5. The van der Waals surface area contributed by atoms with Crippen LogP contribution in [-0.4, -0.2) is 52.6 Å². The Kier molecular flexibility index (Phi) is 8.75. The second kappa shape index (κ2) is 12.4. The number of Topliss-reactive ketones (excluding diaryl/α,β-unsaturated/α-hetero) is 1. The van der Waals surface area contributed by atoms with Crippen LogP contribution in [0.25, 0.3) is 5.76 Å². The molecule has 0 bridgehead atoms. The highest BCUT2D eigenvalue weighted by molar-refractivity contribution is 7.17. The number of hydrogen-bond acceptors (Lipinski definition) is 10. The normalized spacial score (nSPS) is 16.1. The van der Waals surface area contributed by atoms with E-state index in [1.54, 1.807) is 31.2 Å². The van der Waals surface area contributed by atoms with Crippen LogP contribution in [0, 0.1) is 6.92 Å². The quantitative estimate of drug-likeness (QED) is 0.116. The molecule has 4 rings (SSSR count). The van der Waals surface area contributed by atoms with Crippen molar-refractivity contribution in [2.24, 2.45) is 0 Å². The van der Waals surface area contributed by atoms with E-state index in [0.717, 1.165) is 11.3 Å². The average molecular weight is 562 g/mol. The number of aliphatic hydroxyl groups is 1. The van der Waals surface area contributed by atoms with Gasteiger partial charge in [-0.3, -0.25) is 19.5 Å². The number of anilines is 1. The number of amides is 1. The molecule has 1 aliphatic heterocycles. The fraction of sp³-hybridized carbons (Fsp3) is 0.207. The van der Waals surface area contributed by atoms with Gasteiger partial charge in [-0.15, -0.1) is 0 Å². The molecule has 0 radical (unpaired) electrons.